The number of nitrogens with zero attached hydrogens (tertiary/aromatic N) is 1. The van der Waals surface area contributed by atoms with E-state index in [0.29, 0.717) is 0 Å². The Balaban J connectivity index is 1.21. The number of furan rings is 1. The Morgan fingerprint density at radius 2 is 0.696 bits per heavy atom. The summed E-state index contributed by atoms with van der Waals surface area (Å²) in [5.41, 5.74) is 16.6. The zero-order chi connectivity index (χ0) is 37.3. The first-order valence-corrected chi connectivity index (χ1v) is 19.1. The molecular weight excluding hydrogens is 679 g/mol. The lowest BCUT2D eigenvalue weighted by Crippen LogP contribution is -2.11. The fraction of sp³-hybridized carbons (Fsp3) is 0. The van der Waals surface area contributed by atoms with Gasteiger partial charge in [-0.1, -0.05) is 182 Å². The molecule has 0 aliphatic carbocycles. The van der Waals surface area contributed by atoms with Gasteiger partial charge in [-0.25, -0.2) is 0 Å². The zero-order valence-corrected chi connectivity index (χ0v) is 30.7. The highest BCUT2D eigenvalue weighted by Gasteiger charge is 2.20. The van der Waals surface area contributed by atoms with Crippen molar-refractivity contribution in [2.75, 3.05) is 4.90 Å². The molecule has 0 amide bonds. The topological polar surface area (TPSA) is 16.4 Å². The molecule has 0 fully saturated rings. The minimum atomic E-state index is 0.895. The molecule has 10 rings (SSSR count). The summed E-state index contributed by atoms with van der Waals surface area (Å²) in [7, 11) is 0. The number of fused-ring (bicyclic) bond motifs is 3. The van der Waals surface area contributed by atoms with Gasteiger partial charge in [0.05, 0.1) is 0 Å². The van der Waals surface area contributed by atoms with Crippen LogP contribution in [0.25, 0.3) is 77.6 Å². The minimum Gasteiger partial charge on any atom is -0.455 e. The van der Waals surface area contributed by atoms with Gasteiger partial charge in [-0.3, -0.25) is 0 Å². The molecule has 9 aromatic carbocycles. The number of hydrogen-bond donors (Lipinski definition) is 0. The van der Waals surface area contributed by atoms with Crippen molar-refractivity contribution in [3.63, 3.8) is 0 Å². The van der Waals surface area contributed by atoms with E-state index in [1.165, 1.54) is 44.5 Å². The van der Waals surface area contributed by atoms with E-state index in [4.69, 9.17) is 4.42 Å². The Hall–Kier alpha value is -7.42. The minimum absolute atomic E-state index is 0.895. The number of benzene rings is 9. The second-order valence-electron chi connectivity index (χ2n) is 14.1. The molecule has 0 unspecified atom stereocenters. The van der Waals surface area contributed by atoms with Crippen LogP contribution in [0.3, 0.4) is 0 Å². The molecule has 0 spiro atoms. The van der Waals surface area contributed by atoms with Gasteiger partial charge in [0, 0.05) is 33.4 Å². The van der Waals surface area contributed by atoms with Gasteiger partial charge in [-0.05, 0) is 92.5 Å². The van der Waals surface area contributed by atoms with Crippen molar-refractivity contribution in [2.24, 2.45) is 0 Å². The molecule has 10 aromatic rings. The summed E-state index contributed by atoms with van der Waals surface area (Å²) in [5.74, 6) is 0. The average Bonchev–Trinajstić information content (AvgIpc) is 3.67. The molecule has 2 nitrogen and oxygen atoms in total. The number of rotatable bonds is 8. The van der Waals surface area contributed by atoms with Crippen LogP contribution in [0.5, 0.6) is 0 Å². The lowest BCUT2D eigenvalue weighted by Gasteiger charge is -2.28. The Bertz CT molecular complexity index is 2820. The second kappa shape index (κ2) is 14.4. The van der Waals surface area contributed by atoms with Crippen LogP contribution in [0.1, 0.15) is 0 Å². The standard InChI is InChI=1S/C54H37NO/c1-5-17-38(18-6-1)46-33-31-44(36-51(46)40-21-9-3-10-22-40)55(45-32-34-47(39-19-7-2-8-20-39)52(37-45)41-23-11-4-12-24-41)43-26-15-25-42(35-43)48-28-16-29-50-49-27-13-14-30-53(49)56-54(48)50/h1-37H. The van der Waals surface area contributed by atoms with E-state index in [1.807, 2.05) is 12.1 Å². The maximum atomic E-state index is 6.53. The van der Waals surface area contributed by atoms with Crippen LogP contribution in [0.15, 0.2) is 229 Å². The zero-order valence-electron chi connectivity index (χ0n) is 30.7. The highest BCUT2D eigenvalue weighted by Crippen LogP contribution is 2.45. The maximum Gasteiger partial charge on any atom is 0.143 e. The molecule has 0 N–H and O–H groups in total. The first-order chi connectivity index (χ1) is 27.8. The van der Waals surface area contributed by atoms with Gasteiger partial charge in [0.1, 0.15) is 11.2 Å². The molecule has 0 saturated carbocycles. The number of hydrogen-bond acceptors (Lipinski definition) is 2. The molecule has 1 aromatic heterocycles. The molecule has 0 atom stereocenters. The van der Waals surface area contributed by atoms with Crippen LogP contribution in [0, 0.1) is 0 Å². The molecular formula is C54H37NO. The van der Waals surface area contributed by atoms with Crippen LogP contribution in [0.4, 0.5) is 17.1 Å². The lowest BCUT2D eigenvalue weighted by atomic mass is 9.92. The van der Waals surface area contributed by atoms with Gasteiger partial charge in [-0.15, -0.1) is 0 Å². The number of para-hydroxylation sites is 2. The SMILES string of the molecule is c1ccc(-c2ccc(N(c3cccc(-c4cccc5c4oc4ccccc45)c3)c3ccc(-c4ccccc4)c(-c4ccccc4)c3)cc2-c2ccccc2)cc1. The third-order valence-electron chi connectivity index (χ3n) is 10.7. The molecule has 0 aliphatic rings. The Morgan fingerprint density at radius 1 is 0.268 bits per heavy atom. The third-order valence-corrected chi connectivity index (χ3v) is 10.7. The smallest absolute Gasteiger partial charge is 0.143 e. The summed E-state index contributed by atoms with van der Waals surface area (Å²) < 4.78 is 6.53. The van der Waals surface area contributed by atoms with Crippen molar-refractivity contribution in [3.8, 4) is 55.6 Å². The van der Waals surface area contributed by atoms with E-state index in [0.717, 1.165) is 50.1 Å². The summed E-state index contributed by atoms with van der Waals surface area (Å²) in [6.07, 6.45) is 0. The van der Waals surface area contributed by atoms with Crippen LogP contribution in [-0.2, 0) is 0 Å². The van der Waals surface area contributed by atoms with E-state index in [9.17, 15) is 0 Å². The first-order valence-electron chi connectivity index (χ1n) is 19.1. The largest absolute Gasteiger partial charge is 0.455 e. The molecule has 264 valence electrons. The first kappa shape index (κ1) is 33.2. The fourth-order valence-electron chi connectivity index (χ4n) is 8.03. The van der Waals surface area contributed by atoms with Gasteiger partial charge < -0.3 is 9.32 Å². The number of anilines is 3. The van der Waals surface area contributed by atoms with Crippen molar-refractivity contribution >= 4 is 39.0 Å². The molecule has 0 radical (unpaired) electrons. The van der Waals surface area contributed by atoms with Crippen molar-refractivity contribution < 1.29 is 4.42 Å². The monoisotopic (exact) mass is 715 g/mol. The Kier molecular flexibility index (Phi) is 8.55. The highest BCUT2D eigenvalue weighted by molar-refractivity contribution is 6.09. The van der Waals surface area contributed by atoms with Crippen molar-refractivity contribution in [2.45, 2.75) is 0 Å². The van der Waals surface area contributed by atoms with E-state index < -0.39 is 0 Å². The second-order valence-corrected chi connectivity index (χ2v) is 14.1. The summed E-state index contributed by atoms with van der Waals surface area (Å²) in [5, 5.41) is 2.24. The predicted molar refractivity (Wildman–Crippen MR) is 236 cm³/mol. The van der Waals surface area contributed by atoms with Crippen molar-refractivity contribution in [1.82, 2.24) is 0 Å². The van der Waals surface area contributed by atoms with Gasteiger partial charge in [-0.2, -0.15) is 0 Å². The average molecular weight is 716 g/mol. The molecule has 56 heavy (non-hydrogen) atoms. The van der Waals surface area contributed by atoms with E-state index in [-0.39, 0.29) is 0 Å². The molecule has 0 bridgehead atoms. The lowest BCUT2D eigenvalue weighted by molar-refractivity contribution is 0.670. The van der Waals surface area contributed by atoms with E-state index >= 15 is 0 Å². The van der Waals surface area contributed by atoms with Crippen molar-refractivity contribution in [3.05, 3.63) is 224 Å². The third kappa shape index (κ3) is 6.14. The maximum absolute atomic E-state index is 6.53. The Labute approximate surface area is 327 Å². The van der Waals surface area contributed by atoms with Gasteiger partial charge in [0.2, 0.25) is 0 Å². The van der Waals surface area contributed by atoms with Crippen LogP contribution >= 0.6 is 0 Å². The summed E-state index contributed by atoms with van der Waals surface area (Å²) >= 11 is 0. The van der Waals surface area contributed by atoms with E-state index in [2.05, 4.69) is 217 Å². The quantitative estimate of drug-likeness (QED) is 0.156. The van der Waals surface area contributed by atoms with Gasteiger partial charge >= 0.3 is 0 Å². The Morgan fingerprint density at radius 3 is 1.25 bits per heavy atom. The predicted octanol–water partition coefficient (Wildman–Crippen LogP) is 15.4. The molecule has 0 aliphatic heterocycles. The highest BCUT2D eigenvalue weighted by atomic mass is 16.3. The van der Waals surface area contributed by atoms with Crippen LogP contribution in [0.2, 0.25) is 0 Å². The fourth-order valence-corrected chi connectivity index (χ4v) is 8.03. The summed E-state index contributed by atoms with van der Waals surface area (Å²) in [6.45, 7) is 0. The van der Waals surface area contributed by atoms with Crippen LogP contribution < -0.4 is 4.90 Å². The van der Waals surface area contributed by atoms with E-state index in [1.54, 1.807) is 0 Å². The summed E-state index contributed by atoms with van der Waals surface area (Å²) in [6, 6.07) is 80.1. The normalized spacial score (nSPS) is 11.2. The van der Waals surface area contributed by atoms with Gasteiger partial charge in [0.15, 0.2) is 0 Å². The van der Waals surface area contributed by atoms with Gasteiger partial charge in [0.25, 0.3) is 0 Å². The van der Waals surface area contributed by atoms with Crippen LogP contribution in [-0.4, -0.2) is 0 Å². The molecule has 1 heterocycles. The van der Waals surface area contributed by atoms with Crippen molar-refractivity contribution in [1.29, 1.82) is 0 Å². The molecule has 0 saturated heterocycles. The molecule has 2 heteroatoms. The summed E-state index contributed by atoms with van der Waals surface area (Å²) in [4.78, 5) is 2.39.